The standard InChI is InChI=1S/C15H22N6O3S/c1-8(2)13-16-15(19-18-13)17-14(22)12-9(3)20-21(10(12)4)11-5-6-25(23,24)7-11/h8,11H,5-7H2,1-4H3,(H2,16,17,18,19,22)/t11-/m1/s1. The molecule has 0 spiro atoms. The Bertz CT molecular complexity index is 912. The van der Waals surface area contributed by atoms with Crippen molar-refractivity contribution in [3.05, 3.63) is 22.8 Å². The van der Waals surface area contributed by atoms with Crippen LogP contribution in [0.4, 0.5) is 5.95 Å². The van der Waals surface area contributed by atoms with Gasteiger partial charge in [0.25, 0.3) is 5.91 Å². The number of H-pyrrole nitrogens is 1. The molecule has 0 radical (unpaired) electrons. The molecule has 2 aromatic heterocycles. The predicted molar refractivity (Wildman–Crippen MR) is 92.4 cm³/mol. The van der Waals surface area contributed by atoms with Gasteiger partial charge in [0.05, 0.1) is 28.8 Å². The SMILES string of the molecule is Cc1nn([C@@H]2CCS(=O)(=O)C2)c(C)c1C(=O)Nc1n[nH]c(C(C)C)n1. The van der Waals surface area contributed by atoms with E-state index < -0.39 is 9.84 Å². The number of aromatic amines is 1. The largest absolute Gasteiger partial charge is 0.289 e. The summed E-state index contributed by atoms with van der Waals surface area (Å²) >= 11 is 0. The zero-order chi connectivity index (χ0) is 18.4. The zero-order valence-electron chi connectivity index (χ0n) is 14.7. The average molecular weight is 366 g/mol. The minimum Gasteiger partial charge on any atom is -0.289 e. The summed E-state index contributed by atoms with van der Waals surface area (Å²) in [7, 11) is -3.02. The molecule has 136 valence electrons. The van der Waals surface area contributed by atoms with Crippen molar-refractivity contribution in [1.29, 1.82) is 0 Å². The Morgan fingerprint density at radius 1 is 1.36 bits per heavy atom. The summed E-state index contributed by atoms with van der Waals surface area (Å²) in [5, 5.41) is 13.8. The minimum absolute atomic E-state index is 0.0642. The van der Waals surface area contributed by atoms with Crippen molar-refractivity contribution in [2.24, 2.45) is 0 Å². The predicted octanol–water partition coefficient (Wildman–Crippen LogP) is 1.35. The van der Waals surface area contributed by atoms with Gasteiger partial charge in [-0.3, -0.25) is 19.9 Å². The molecule has 1 aliphatic rings. The molecule has 1 saturated heterocycles. The van der Waals surface area contributed by atoms with Gasteiger partial charge in [-0.2, -0.15) is 10.1 Å². The highest BCUT2D eigenvalue weighted by molar-refractivity contribution is 7.91. The molecule has 1 fully saturated rings. The highest BCUT2D eigenvalue weighted by atomic mass is 32.2. The first-order chi connectivity index (χ1) is 11.7. The molecule has 9 nitrogen and oxygen atoms in total. The fourth-order valence-corrected chi connectivity index (χ4v) is 4.76. The molecule has 0 aromatic carbocycles. The van der Waals surface area contributed by atoms with Gasteiger partial charge in [-0.1, -0.05) is 13.8 Å². The first kappa shape index (κ1) is 17.6. The zero-order valence-corrected chi connectivity index (χ0v) is 15.5. The lowest BCUT2D eigenvalue weighted by molar-refractivity contribution is 0.102. The highest BCUT2D eigenvalue weighted by Gasteiger charge is 2.32. The van der Waals surface area contributed by atoms with Crippen LogP contribution in [-0.4, -0.2) is 50.8 Å². The first-order valence-electron chi connectivity index (χ1n) is 8.17. The van der Waals surface area contributed by atoms with Crippen LogP contribution in [0.15, 0.2) is 0 Å². The van der Waals surface area contributed by atoms with Gasteiger partial charge in [-0.05, 0) is 20.3 Å². The molecule has 1 aliphatic heterocycles. The van der Waals surface area contributed by atoms with E-state index in [4.69, 9.17) is 0 Å². The van der Waals surface area contributed by atoms with Gasteiger partial charge < -0.3 is 0 Å². The molecule has 10 heteroatoms. The van der Waals surface area contributed by atoms with Crippen molar-refractivity contribution in [2.45, 2.75) is 46.1 Å². The summed E-state index contributed by atoms with van der Waals surface area (Å²) in [6.45, 7) is 7.46. The second kappa shape index (κ2) is 6.25. The summed E-state index contributed by atoms with van der Waals surface area (Å²) < 4.78 is 25.1. The van der Waals surface area contributed by atoms with Crippen LogP contribution in [0.2, 0.25) is 0 Å². The fraction of sp³-hybridized carbons (Fsp3) is 0.600. The van der Waals surface area contributed by atoms with Crippen molar-refractivity contribution >= 4 is 21.7 Å². The van der Waals surface area contributed by atoms with E-state index in [1.54, 1.807) is 18.5 Å². The topological polar surface area (TPSA) is 123 Å². The van der Waals surface area contributed by atoms with E-state index >= 15 is 0 Å². The van der Waals surface area contributed by atoms with Crippen molar-refractivity contribution in [1.82, 2.24) is 25.0 Å². The lowest BCUT2D eigenvalue weighted by Crippen LogP contribution is -2.17. The maximum Gasteiger partial charge on any atom is 0.261 e. The molecule has 1 atom stereocenters. The molecule has 2 aromatic rings. The number of hydrogen-bond acceptors (Lipinski definition) is 6. The van der Waals surface area contributed by atoms with E-state index in [0.717, 1.165) is 0 Å². The van der Waals surface area contributed by atoms with Gasteiger partial charge in [-0.25, -0.2) is 8.42 Å². The molecule has 0 bridgehead atoms. The monoisotopic (exact) mass is 366 g/mol. The Morgan fingerprint density at radius 3 is 2.64 bits per heavy atom. The van der Waals surface area contributed by atoms with E-state index in [-0.39, 0.29) is 35.3 Å². The Balaban J connectivity index is 1.83. The Kier molecular flexibility index (Phi) is 4.40. The second-order valence-electron chi connectivity index (χ2n) is 6.70. The number of aryl methyl sites for hydroxylation is 1. The quantitative estimate of drug-likeness (QED) is 0.842. The lowest BCUT2D eigenvalue weighted by atomic mass is 10.1. The van der Waals surface area contributed by atoms with E-state index in [1.807, 2.05) is 13.8 Å². The molecule has 25 heavy (non-hydrogen) atoms. The number of nitrogens with zero attached hydrogens (tertiary/aromatic N) is 4. The molecule has 3 heterocycles. The van der Waals surface area contributed by atoms with Crippen LogP contribution in [-0.2, 0) is 9.84 Å². The number of carbonyl (C=O) groups is 1. The normalized spacial score (nSPS) is 19.5. The van der Waals surface area contributed by atoms with Gasteiger partial charge in [0, 0.05) is 11.6 Å². The van der Waals surface area contributed by atoms with Crippen LogP contribution in [0.1, 0.15) is 59.8 Å². The Labute approximate surface area is 146 Å². The molecule has 3 rings (SSSR count). The maximum atomic E-state index is 12.6. The number of rotatable bonds is 4. The number of amides is 1. The summed E-state index contributed by atoms with van der Waals surface area (Å²) in [5.41, 5.74) is 1.64. The highest BCUT2D eigenvalue weighted by Crippen LogP contribution is 2.27. The van der Waals surface area contributed by atoms with Gasteiger partial charge in [0.15, 0.2) is 9.84 Å². The fourth-order valence-electron chi connectivity index (χ4n) is 3.07. The Hall–Kier alpha value is -2.23. The average Bonchev–Trinajstić information content (AvgIpc) is 3.17. The number of aromatic nitrogens is 5. The van der Waals surface area contributed by atoms with Gasteiger partial charge in [0.1, 0.15) is 5.82 Å². The van der Waals surface area contributed by atoms with E-state index in [0.29, 0.717) is 29.2 Å². The maximum absolute atomic E-state index is 12.6. The molecular formula is C15H22N6O3S. The van der Waals surface area contributed by atoms with E-state index in [9.17, 15) is 13.2 Å². The summed E-state index contributed by atoms with van der Waals surface area (Å²) in [6.07, 6.45) is 0.518. The number of sulfone groups is 1. The van der Waals surface area contributed by atoms with E-state index in [1.165, 1.54) is 0 Å². The number of anilines is 1. The molecular weight excluding hydrogens is 344 g/mol. The summed E-state index contributed by atoms with van der Waals surface area (Å²) in [6, 6.07) is -0.221. The number of hydrogen-bond donors (Lipinski definition) is 2. The molecule has 0 unspecified atom stereocenters. The van der Waals surface area contributed by atoms with Gasteiger partial charge in [0.2, 0.25) is 5.95 Å². The second-order valence-corrected chi connectivity index (χ2v) is 8.93. The van der Waals surface area contributed by atoms with Crippen LogP contribution in [0.5, 0.6) is 0 Å². The molecule has 0 saturated carbocycles. The van der Waals surface area contributed by atoms with Crippen LogP contribution < -0.4 is 5.32 Å². The molecule has 1 amide bonds. The summed E-state index contributed by atoms with van der Waals surface area (Å²) in [4.78, 5) is 16.8. The molecule has 2 N–H and O–H groups in total. The third kappa shape index (κ3) is 3.44. The smallest absolute Gasteiger partial charge is 0.261 e. The van der Waals surface area contributed by atoms with Crippen molar-refractivity contribution in [2.75, 3.05) is 16.8 Å². The molecule has 0 aliphatic carbocycles. The summed E-state index contributed by atoms with van der Waals surface area (Å²) in [5.74, 6) is 0.950. The van der Waals surface area contributed by atoms with Crippen molar-refractivity contribution < 1.29 is 13.2 Å². The van der Waals surface area contributed by atoms with Crippen molar-refractivity contribution in [3.63, 3.8) is 0 Å². The number of carbonyl (C=O) groups excluding carboxylic acids is 1. The lowest BCUT2D eigenvalue weighted by Gasteiger charge is -2.11. The van der Waals surface area contributed by atoms with Crippen LogP contribution in [0.25, 0.3) is 0 Å². The third-order valence-corrected chi connectivity index (χ3v) is 6.13. The van der Waals surface area contributed by atoms with Gasteiger partial charge >= 0.3 is 0 Å². The first-order valence-corrected chi connectivity index (χ1v) is 10.00. The third-order valence-electron chi connectivity index (χ3n) is 4.38. The van der Waals surface area contributed by atoms with Crippen LogP contribution in [0, 0.1) is 13.8 Å². The van der Waals surface area contributed by atoms with Crippen LogP contribution >= 0.6 is 0 Å². The minimum atomic E-state index is -3.02. The van der Waals surface area contributed by atoms with Gasteiger partial charge in [-0.15, -0.1) is 5.10 Å². The number of nitrogens with one attached hydrogen (secondary N) is 2. The Morgan fingerprint density at radius 2 is 2.08 bits per heavy atom. The van der Waals surface area contributed by atoms with Crippen molar-refractivity contribution in [3.8, 4) is 0 Å². The van der Waals surface area contributed by atoms with E-state index in [2.05, 4.69) is 25.6 Å². The van der Waals surface area contributed by atoms with Crippen LogP contribution in [0.3, 0.4) is 0 Å².